The van der Waals surface area contributed by atoms with Crippen LogP contribution in [0.3, 0.4) is 0 Å². The molecule has 0 unspecified atom stereocenters. The predicted molar refractivity (Wildman–Crippen MR) is 112 cm³/mol. The molecule has 0 aliphatic carbocycles. The van der Waals surface area contributed by atoms with Gasteiger partial charge in [0, 0.05) is 0 Å². The van der Waals surface area contributed by atoms with Crippen molar-refractivity contribution >= 4 is 34.7 Å². The van der Waals surface area contributed by atoms with Crippen LogP contribution in [0.25, 0.3) is 5.57 Å². The van der Waals surface area contributed by atoms with Gasteiger partial charge in [-0.2, -0.15) is 0 Å². The highest BCUT2D eigenvalue weighted by molar-refractivity contribution is 6.37. The van der Waals surface area contributed by atoms with Crippen LogP contribution in [-0.2, 0) is 17.8 Å². The van der Waals surface area contributed by atoms with Gasteiger partial charge in [0.2, 0.25) is 0 Å². The number of allylic oxidation sites excluding steroid dienone is 1. The van der Waals surface area contributed by atoms with Crippen LogP contribution in [0.1, 0.15) is 44.4 Å². The molecule has 27 heavy (non-hydrogen) atoms. The molecule has 0 bridgehead atoms. The molecule has 144 valence electrons. The van der Waals surface area contributed by atoms with Gasteiger partial charge in [0.1, 0.15) is 6.61 Å². The monoisotopic (exact) mass is 406 g/mol. The van der Waals surface area contributed by atoms with E-state index in [-0.39, 0.29) is 12.2 Å². The Labute approximate surface area is 170 Å². The number of ether oxygens (including phenoxy) is 1. The Morgan fingerprint density at radius 1 is 1.11 bits per heavy atom. The molecule has 0 saturated heterocycles. The molecular weight excluding hydrogens is 383 g/mol. The van der Waals surface area contributed by atoms with Crippen LogP contribution in [-0.4, -0.2) is 11.1 Å². The molecule has 0 radical (unpaired) electrons. The fraction of sp³-hybridized carbons (Fsp3) is 0.318. The average Bonchev–Trinajstić information content (AvgIpc) is 2.54. The quantitative estimate of drug-likeness (QED) is 0.523. The Hall–Kier alpha value is -1.97. The Balaban J connectivity index is 2.31. The SMILES string of the molecule is CC(C)=C(C(=O)O)c1ccccc1COc1c(Cl)cc(CC(C)C)cc1Cl. The molecule has 1 N–H and O–H groups in total. The molecule has 0 amide bonds. The van der Waals surface area contributed by atoms with Gasteiger partial charge in [0.15, 0.2) is 5.75 Å². The van der Waals surface area contributed by atoms with Gasteiger partial charge in [-0.3, -0.25) is 0 Å². The third-order valence-electron chi connectivity index (χ3n) is 4.07. The first kappa shape index (κ1) is 21.3. The first-order valence-corrected chi connectivity index (χ1v) is 9.56. The molecule has 2 aromatic carbocycles. The van der Waals surface area contributed by atoms with Gasteiger partial charge in [-0.25, -0.2) is 4.79 Å². The van der Waals surface area contributed by atoms with E-state index in [9.17, 15) is 9.90 Å². The number of hydrogen-bond donors (Lipinski definition) is 1. The summed E-state index contributed by atoms with van der Waals surface area (Å²) in [6.45, 7) is 7.99. The third-order valence-corrected chi connectivity index (χ3v) is 4.64. The van der Waals surface area contributed by atoms with Crippen molar-refractivity contribution in [2.24, 2.45) is 5.92 Å². The Morgan fingerprint density at radius 3 is 2.22 bits per heavy atom. The molecular formula is C22H24Cl2O3. The lowest BCUT2D eigenvalue weighted by Crippen LogP contribution is -2.07. The van der Waals surface area contributed by atoms with Crippen molar-refractivity contribution < 1.29 is 14.6 Å². The topological polar surface area (TPSA) is 46.5 Å². The summed E-state index contributed by atoms with van der Waals surface area (Å²) >= 11 is 12.7. The second kappa shape index (κ2) is 9.29. The Kier molecular flexibility index (Phi) is 7.34. The molecule has 0 atom stereocenters. The predicted octanol–water partition coefficient (Wildman–Crippen LogP) is 6.65. The lowest BCUT2D eigenvalue weighted by molar-refractivity contribution is -0.130. The number of carboxylic acids is 1. The molecule has 2 rings (SSSR count). The van der Waals surface area contributed by atoms with Crippen molar-refractivity contribution in [3.8, 4) is 5.75 Å². The van der Waals surface area contributed by atoms with Crippen molar-refractivity contribution in [1.29, 1.82) is 0 Å². The fourth-order valence-electron chi connectivity index (χ4n) is 2.98. The largest absolute Gasteiger partial charge is 0.486 e. The summed E-state index contributed by atoms with van der Waals surface area (Å²) in [5, 5.41) is 10.5. The summed E-state index contributed by atoms with van der Waals surface area (Å²) in [7, 11) is 0. The number of carbonyl (C=O) groups is 1. The van der Waals surface area contributed by atoms with Crippen LogP contribution in [0.15, 0.2) is 42.0 Å². The van der Waals surface area contributed by atoms with Gasteiger partial charge in [0.25, 0.3) is 0 Å². The number of carboxylic acid groups (broad SMARTS) is 1. The summed E-state index contributed by atoms with van der Waals surface area (Å²) in [5.41, 5.74) is 3.45. The molecule has 2 aromatic rings. The Bertz CT molecular complexity index is 843. The minimum absolute atomic E-state index is 0.170. The zero-order valence-electron chi connectivity index (χ0n) is 16.0. The highest BCUT2D eigenvalue weighted by Crippen LogP contribution is 2.36. The molecule has 3 nitrogen and oxygen atoms in total. The molecule has 0 aromatic heterocycles. The summed E-state index contributed by atoms with van der Waals surface area (Å²) < 4.78 is 5.88. The number of rotatable bonds is 7. The van der Waals surface area contributed by atoms with Crippen LogP contribution >= 0.6 is 23.2 Å². The van der Waals surface area contributed by atoms with Crippen molar-refractivity contribution in [2.75, 3.05) is 0 Å². The van der Waals surface area contributed by atoms with Gasteiger partial charge < -0.3 is 9.84 Å². The normalized spacial score (nSPS) is 10.8. The second-order valence-electron chi connectivity index (χ2n) is 7.11. The van der Waals surface area contributed by atoms with Gasteiger partial charge in [0.05, 0.1) is 15.6 Å². The maximum atomic E-state index is 11.7. The molecule has 0 aliphatic rings. The fourth-order valence-corrected chi connectivity index (χ4v) is 3.62. The molecule has 5 heteroatoms. The van der Waals surface area contributed by atoms with E-state index in [2.05, 4.69) is 13.8 Å². The zero-order chi connectivity index (χ0) is 20.1. The maximum absolute atomic E-state index is 11.7. The van der Waals surface area contributed by atoms with Gasteiger partial charge in [-0.05, 0) is 55.0 Å². The smallest absolute Gasteiger partial charge is 0.336 e. The van der Waals surface area contributed by atoms with Crippen molar-refractivity contribution in [1.82, 2.24) is 0 Å². The van der Waals surface area contributed by atoms with Gasteiger partial charge >= 0.3 is 5.97 Å². The molecule has 0 aliphatic heterocycles. The Morgan fingerprint density at radius 2 is 1.70 bits per heavy atom. The van der Waals surface area contributed by atoms with Crippen molar-refractivity contribution in [3.05, 3.63) is 68.7 Å². The van der Waals surface area contributed by atoms with Crippen LogP contribution in [0, 0.1) is 5.92 Å². The van der Waals surface area contributed by atoms with E-state index in [1.54, 1.807) is 19.9 Å². The number of halogens is 2. The van der Waals surface area contributed by atoms with Crippen LogP contribution in [0.5, 0.6) is 5.75 Å². The van der Waals surface area contributed by atoms with Crippen molar-refractivity contribution in [3.63, 3.8) is 0 Å². The zero-order valence-corrected chi connectivity index (χ0v) is 17.5. The standard InChI is InChI=1S/C22H24Cl2O3/c1-13(2)9-15-10-18(23)21(19(24)11-15)27-12-16-7-5-6-8-17(16)20(14(3)4)22(25)26/h5-8,10-11,13H,9,12H2,1-4H3,(H,25,26). The maximum Gasteiger partial charge on any atom is 0.336 e. The van der Waals surface area contributed by atoms with E-state index in [4.69, 9.17) is 27.9 Å². The van der Waals surface area contributed by atoms with Crippen molar-refractivity contribution in [2.45, 2.75) is 40.7 Å². The highest BCUT2D eigenvalue weighted by atomic mass is 35.5. The third kappa shape index (κ3) is 5.50. The van der Waals surface area contributed by atoms with E-state index in [1.165, 1.54) is 0 Å². The first-order valence-electron chi connectivity index (χ1n) is 8.80. The molecule has 0 heterocycles. The van der Waals surface area contributed by atoms with Gasteiger partial charge in [-0.1, -0.05) is 66.9 Å². The average molecular weight is 407 g/mol. The van der Waals surface area contributed by atoms with Crippen LogP contribution in [0.2, 0.25) is 10.0 Å². The van der Waals surface area contributed by atoms with E-state index >= 15 is 0 Å². The molecule has 0 spiro atoms. The van der Waals surface area contributed by atoms with Crippen LogP contribution < -0.4 is 4.74 Å². The first-order chi connectivity index (χ1) is 12.7. The van der Waals surface area contributed by atoms with E-state index in [0.717, 1.165) is 23.1 Å². The number of hydrogen-bond acceptors (Lipinski definition) is 2. The highest BCUT2D eigenvalue weighted by Gasteiger charge is 2.17. The lowest BCUT2D eigenvalue weighted by atomic mass is 9.97. The minimum Gasteiger partial charge on any atom is -0.486 e. The summed E-state index contributed by atoms with van der Waals surface area (Å²) in [6, 6.07) is 11.0. The van der Waals surface area contributed by atoms with Gasteiger partial charge in [-0.15, -0.1) is 0 Å². The van der Waals surface area contributed by atoms with E-state index in [1.807, 2.05) is 30.3 Å². The van der Waals surface area contributed by atoms with E-state index in [0.29, 0.717) is 27.3 Å². The minimum atomic E-state index is -0.962. The summed E-state index contributed by atoms with van der Waals surface area (Å²) in [5.74, 6) is -0.0550. The van der Waals surface area contributed by atoms with Crippen LogP contribution in [0.4, 0.5) is 0 Å². The number of benzene rings is 2. The summed E-state index contributed by atoms with van der Waals surface area (Å²) in [4.78, 5) is 11.7. The molecule has 0 fully saturated rings. The summed E-state index contributed by atoms with van der Waals surface area (Å²) in [6.07, 6.45) is 0.880. The second-order valence-corrected chi connectivity index (χ2v) is 7.93. The number of aliphatic carboxylic acids is 1. The lowest BCUT2D eigenvalue weighted by Gasteiger charge is -2.15. The van der Waals surface area contributed by atoms with E-state index < -0.39 is 5.97 Å². The molecule has 0 saturated carbocycles.